The normalized spacial score (nSPS) is 12.5. The van der Waals surface area contributed by atoms with Gasteiger partial charge in [0.1, 0.15) is 5.60 Å². The van der Waals surface area contributed by atoms with Gasteiger partial charge in [-0.2, -0.15) is 13.2 Å². The molecule has 1 rings (SSSR count). The van der Waals surface area contributed by atoms with Crippen LogP contribution in [-0.4, -0.2) is 28.1 Å². The van der Waals surface area contributed by atoms with Crippen LogP contribution in [0.25, 0.3) is 0 Å². The zero-order valence-corrected chi connectivity index (χ0v) is 15.1. The van der Waals surface area contributed by atoms with E-state index in [1.807, 2.05) is 0 Å². The first-order valence-electron chi connectivity index (χ1n) is 7.63. The first kappa shape index (κ1) is 20.8. The fourth-order valence-electron chi connectivity index (χ4n) is 1.87. The molecular formula is C17H23F3N2O3. The van der Waals surface area contributed by atoms with Gasteiger partial charge >= 0.3 is 12.3 Å². The lowest BCUT2D eigenvalue weighted by Crippen LogP contribution is -2.56. The summed E-state index contributed by atoms with van der Waals surface area (Å²) in [6, 6.07) is 4.02. The van der Waals surface area contributed by atoms with E-state index in [-0.39, 0.29) is 5.56 Å². The van der Waals surface area contributed by atoms with Crippen LogP contribution in [0, 0.1) is 0 Å². The molecule has 1 aromatic carbocycles. The molecule has 0 saturated heterocycles. The van der Waals surface area contributed by atoms with Crippen LogP contribution in [0.2, 0.25) is 0 Å². The fraction of sp³-hybridized carbons (Fsp3) is 0.529. The second-order valence-electron chi connectivity index (χ2n) is 7.50. The molecule has 5 nitrogen and oxygen atoms in total. The van der Waals surface area contributed by atoms with Crippen molar-refractivity contribution >= 4 is 12.0 Å². The van der Waals surface area contributed by atoms with Gasteiger partial charge in [-0.3, -0.25) is 4.79 Å². The predicted octanol–water partition coefficient (Wildman–Crippen LogP) is 4.39. The number of nitrogens with one attached hydrogen (secondary N) is 1. The second kappa shape index (κ2) is 6.93. The third kappa shape index (κ3) is 6.28. The van der Waals surface area contributed by atoms with Crippen LogP contribution in [0.15, 0.2) is 24.3 Å². The van der Waals surface area contributed by atoms with Crippen LogP contribution in [-0.2, 0) is 10.9 Å². The molecule has 2 amide bonds. The van der Waals surface area contributed by atoms with E-state index in [0.717, 1.165) is 23.2 Å². The van der Waals surface area contributed by atoms with E-state index in [9.17, 15) is 22.8 Å². The molecule has 140 valence electrons. The molecule has 0 aliphatic rings. The Bertz CT molecular complexity index is 644. The van der Waals surface area contributed by atoms with E-state index < -0.39 is 34.9 Å². The summed E-state index contributed by atoms with van der Waals surface area (Å²) < 4.78 is 43.6. The summed E-state index contributed by atoms with van der Waals surface area (Å²) in [4.78, 5) is 24.6. The maximum absolute atomic E-state index is 12.8. The minimum Gasteiger partial charge on any atom is -0.443 e. The molecular weight excluding hydrogens is 337 g/mol. The minimum absolute atomic E-state index is 0.194. The Morgan fingerprint density at radius 1 is 1.04 bits per heavy atom. The highest BCUT2D eigenvalue weighted by Crippen LogP contribution is 2.30. The topological polar surface area (TPSA) is 58.6 Å². The number of carbonyl (C=O) groups is 2. The highest BCUT2D eigenvalue weighted by Gasteiger charge is 2.34. The molecule has 0 aromatic heterocycles. The number of carbonyl (C=O) groups excluding carboxylic acids is 2. The third-order valence-electron chi connectivity index (χ3n) is 2.91. The van der Waals surface area contributed by atoms with Crippen LogP contribution in [0.3, 0.4) is 0 Å². The summed E-state index contributed by atoms with van der Waals surface area (Å²) in [7, 11) is 0. The molecule has 0 unspecified atom stereocenters. The largest absolute Gasteiger partial charge is 0.443 e. The monoisotopic (exact) mass is 360 g/mol. The number of hydrogen-bond donors (Lipinski definition) is 1. The Morgan fingerprint density at radius 3 is 2.04 bits per heavy atom. The quantitative estimate of drug-likeness (QED) is 0.756. The predicted molar refractivity (Wildman–Crippen MR) is 86.7 cm³/mol. The van der Waals surface area contributed by atoms with Crippen LogP contribution in [0.1, 0.15) is 57.5 Å². The zero-order valence-electron chi connectivity index (χ0n) is 15.1. The lowest BCUT2D eigenvalue weighted by molar-refractivity contribution is -0.137. The molecule has 0 saturated carbocycles. The fourth-order valence-corrected chi connectivity index (χ4v) is 1.87. The molecule has 0 aliphatic heterocycles. The first-order valence-corrected chi connectivity index (χ1v) is 7.63. The van der Waals surface area contributed by atoms with Crippen molar-refractivity contribution < 1.29 is 27.5 Å². The zero-order chi connectivity index (χ0) is 19.6. The van der Waals surface area contributed by atoms with Crippen LogP contribution >= 0.6 is 0 Å². The van der Waals surface area contributed by atoms with Gasteiger partial charge in [0.2, 0.25) is 0 Å². The molecule has 25 heavy (non-hydrogen) atoms. The maximum Gasteiger partial charge on any atom is 0.426 e. The van der Waals surface area contributed by atoms with Crippen molar-refractivity contribution in [1.82, 2.24) is 10.4 Å². The number of alkyl halides is 3. The van der Waals surface area contributed by atoms with Crippen molar-refractivity contribution in [2.24, 2.45) is 0 Å². The van der Waals surface area contributed by atoms with E-state index in [4.69, 9.17) is 4.74 Å². The molecule has 0 spiro atoms. The highest BCUT2D eigenvalue weighted by atomic mass is 19.4. The summed E-state index contributed by atoms with van der Waals surface area (Å²) in [5, 5.41) is 0.955. The molecule has 8 heteroatoms. The highest BCUT2D eigenvalue weighted by molar-refractivity contribution is 5.95. The van der Waals surface area contributed by atoms with Gasteiger partial charge in [0.05, 0.1) is 11.1 Å². The van der Waals surface area contributed by atoms with Gasteiger partial charge < -0.3 is 4.74 Å². The molecule has 1 N–H and O–H groups in total. The molecule has 0 bridgehead atoms. The average Bonchev–Trinajstić information content (AvgIpc) is 2.40. The molecule has 0 fully saturated rings. The van der Waals surface area contributed by atoms with Gasteiger partial charge in [-0.1, -0.05) is 6.07 Å². The van der Waals surface area contributed by atoms with Gasteiger partial charge in [0, 0.05) is 5.56 Å². The van der Waals surface area contributed by atoms with Gasteiger partial charge in [-0.05, 0) is 59.7 Å². The van der Waals surface area contributed by atoms with Crippen molar-refractivity contribution in [1.29, 1.82) is 0 Å². The summed E-state index contributed by atoms with van der Waals surface area (Å²) in [6.07, 6.45) is -5.44. The number of nitrogens with zero attached hydrogens (tertiary/aromatic N) is 1. The van der Waals surface area contributed by atoms with E-state index in [1.54, 1.807) is 41.5 Å². The smallest absolute Gasteiger partial charge is 0.426 e. The standard InChI is InChI=1S/C17H23F3N2O3/c1-15(2,3)22(21-14(24)25-16(4,5)6)13(23)11-8-7-9-12(10-11)17(18,19)20/h7-10H,1-6H3,(H,21,24). The summed E-state index contributed by atoms with van der Waals surface area (Å²) >= 11 is 0. The van der Waals surface area contributed by atoms with Crippen molar-refractivity contribution in [2.45, 2.75) is 58.9 Å². The molecule has 1 aromatic rings. The minimum atomic E-state index is -4.57. The van der Waals surface area contributed by atoms with Gasteiger partial charge in [0.25, 0.3) is 5.91 Å². The summed E-state index contributed by atoms with van der Waals surface area (Å²) in [5.74, 6) is -0.774. The molecule has 0 aliphatic carbocycles. The van der Waals surface area contributed by atoms with Gasteiger partial charge in [-0.15, -0.1) is 0 Å². The van der Waals surface area contributed by atoms with Crippen LogP contribution < -0.4 is 5.43 Å². The Balaban J connectivity index is 3.13. The number of halogens is 3. The Morgan fingerprint density at radius 2 is 1.60 bits per heavy atom. The maximum atomic E-state index is 12.8. The van der Waals surface area contributed by atoms with Crippen LogP contribution in [0.4, 0.5) is 18.0 Å². The van der Waals surface area contributed by atoms with E-state index >= 15 is 0 Å². The lowest BCUT2D eigenvalue weighted by atomic mass is 10.0. The SMILES string of the molecule is CC(C)(C)OC(=O)NN(C(=O)c1cccc(C(F)(F)F)c1)C(C)(C)C. The number of ether oxygens (including phenoxy) is 1. The Hall–Kier alpha value is -2.25. The van der Waals surface area contributed by atoms with Crippen LogP contribution in [0.5, 0.6) is 0 Å². The van der Waals surface area contributed by atoms with Crippen molar-refractivity contribution in [3.63, 3.8) is 0 Å². The third-order valence-corrected chi connectivity index (χ3v) is 2.91. The Kier molecular flexibility index (Phi) is 5.77. The van der Waals surface area contributed by atoms with Crippen molar-refractivity contribution in [3.8, 4) is 0 Å². The summed E-state index contributed by atoms with van der Waals surface area (Å²) in [6.45, 7) is 9.87. The second-order valence-corrected chi connectivity index (χ2v) is 7.50. The van der Waals surface area contributed by atoms with Crippen molar-refractivity contribution in [3.05, 3.63) is 35.4 Å². The van der Waals surface area contributed by atoms with E-state index in [0.29, 0.717) is 0 Å². The number of hydrazine groups is 1. The number of benzene rings is 1. The molecule has 0 atom stereocenters. The molecule has 0 heterocycles. The number of amides is 2. The first-order chi connectivity index (χ1) is 11.1. The summed E-state index contributed by atoms with van der Waals surface area (Å²) in [5.41, 5.74) is -0.494. The van der Waals surface area contributed by atoms with Gasteiger partial charge in [0.15, 0.2) is 0 Å². The molecule has 0 radical (unpaired) electrons. The van der Waals surface area contributed by atoms with Crippen molar-refractivity contribution in [2.75, 3.05) is 0 Å². The average molecular weight is 360 g/mol. The van der Waals surface area contributed by atoms with Gasteiger partial charge in [-0.25, -0.2) is 15.2 Å². The van der Waals surface area contributed by atoms with E-state index in [1.165, 1.54) is 6.07 Å². The lowest BCUT2D eigenvalue weighted by Gasteiger charge is -2.36. The Labute approximate surface area is 145 Å². The van der Waals surface area contributed by atoms with E-state index in [2.05, 4.69) is 5.43 Å². The number of hydrogen-bond acceptors (Lipinski definition) is 3. The number of rotatable bonds is 1.